The number of piperidine rings is 1. The van der Waals surface area contributed by atoms with Crippen molar-refractivity contribution in [1.82, 2.24) is 14.5 Å². The average Bonchev–Trinajstić information content (AvgIpc) is 2.76. The van der Waals surface area contributed by atoms with Crippen LogP contribution in [0.2, 0.25) is 0 Å². The maximum absolute atomic E-state index is 13.6. The van der Waals surface area contributed by atoms with Crippen molar-refractivity contribution < 1.29 is 4.39 Å². The van der Waals surface area contributed by atoms with Gasteiger partial charge in [0, 0.05) is 12.6 Å². The van der Waals surface area contributed by atoms with Crippen LogP contribution in [0.25, 0.3) is 11.0 Å². The number of likely N-dealkylation sites (tertiary alicyclic amines) is 1. The number of hydrogen-bond acceptors (Lipinski definition) is 2. The van der Waals surface area contributed by atoms with E-state index in [1.54, 1.807) is 12.1 Å². The van der Waals surface area contributed by atoms with E-state index in [-0.39, 0.29) is 5.82 Å². The van der Waals surface area contributed by atoms with Crippen LogP contribution in [0.5, 0.6) is 0 Å². The molecule has 0 N–H and O–H groups in total. The van der Waals surface area contributed by atoms with Gasteiger partial charge in [-0.3, -0.25) is 0 Å². The number of halogens is 2. The zero-order valence-electron chi connectivity index (χ0n) is 11.8. The van der Waals surface area contributed by atoms with Gasteiger partial charge in [0.2, 0.25) is 0 Å². The highest BCUT2D eigenvalue weighted by Crippen LogP contribution is 2.32. The normalized spacial score (nSPS) is 24.4. The van der Waals surface area contributed by atoms with E-state index >= 15 is 0 Å². The minimum atomic E-state index is -0.222. The Morgan fingerprint density at radius 1 is 1.45 bits per heavy atom. The van der Waals surface area contributed by atoms with E-state index in [1.165, 1.54) is 6.07 Å². The Morgan fingerprint density at radius 3 is 2.95 bits per heavy atom. The molecular weight excluding hydrogens is 277 g/mol. The van der Waals surface area contributed by atoms with Gasteiger partial charge in [0.1, 0.15) is 11.6 Å². The highest BCUT2D eigenvalue weighted by atomic mass is 35.5. The van der Waals surface area contributed by atoms with E-state index in [9.17, 15) is 4.39 Å². The first-order valence-electron chi connectivity index (χ1n) is 7.01. The number of fused-ring (bicyclic) bond motifs is 1. The summed E-state index contributed by atoms with van der Waals surface area (Å²) < 4.78 is 15.7. The van der Waals surface area contributed by atoms with Gasteiger partial charge in [-0.1, -0.05) is 6.92 Å². The van der Waals surface area contributed by atoms with Crippen LogP contribution in [0.4, 0.5) is 4.39 Å². The number of nitrogens with zero attached hydrogens (tertiary/aromatic N) is 3. The standard InChI is InChI=1S/C15H19ClFN3/c1-10-9-19(2)6-5-13(10)20-14-7-11(17)3-4-12(14)18-15(20)8-16/h3-4,7,10,13H,5-6,8-9H2,1-2H3. The number of alkyl halides is 1. The first-order valence-corrected chi connectivity index (χ1v) is 7.54. The van der Waals surface area contributed by atoms with Gasteiger partial charge in [0.25, 0.3) is 0 Å². The summed E-state index contributed by atoms with van der Waals surface area (Å²) in [4.78, 5) is 6.89. The molecule has 2 atom stereocenters. The predicted octanol–water partition coefficient (Wildman–Crippen LogP) is 3.43. The molecule has 1 aromatic heterocycles. The monoisotopic (exact) mass is 295 g/mol. The summed E-state index contributed by atoms with van der Waals surface area (Å²) in [6.45, 7) is 4.33. The van der Waals surface area contributed by atoms with Crippen LogP contribution in [-0.4, -0.2) is 34.6 Å². The van der Waals surface area contributed by atoms with E-state index < -0.39 is 0 Å². The van der Waals surface area contributed by atoms with Gasteiger partial charge in [-0.2, -0.15) is 0 Å². The van der Waals surface area contributed by atoms with Crippen molar-refractivity contribution in [1.29, 1.82) is 0 Å². The molecule has 3 nitrogen and oxygen atoms in total. The Bertz CT molecular complexity index is 625. The number of aromatic nitrogens is 2. The minimum Gasteiger partial charge on any atom is -0.323 e. The van der Waals surface area contributed by atoms with E-state index in [0.717, 1.165) is 36.4 Å². The summed E-state index contributed by atoms with van der Waals surface area (Å²) in [5, 5.41) is 0. The van der Waals surface area contributed by atoms with Crippen molar-refractivity contribution in [3.8, 4) is 0 Å². The lowest BCUT2D eigenvalue weighted by Crippen LogP contribution is -2.38. The van der Waals surface area contributed by atoms with Crippen molar-refractivity contribution >= 4 is 22.6 Å². The van der Waals surface area contributed by atoms with Crippen LogP contribution >= 0.6 is 11.6 Å². The second kappa shape index (κ2) is 5.34. The summed E-state index contributed by atoms with van der Waals surface area (Å²) in [7, 11) is 2.14. The molecule has 20 heavy (non-hydrogen) atoms. The molecule has 0 aliphatic carbocycles. The van der Waals surface area contributed by atoms with Crippen molar-refractivity contribution in [2.75, 3.05) is 20.1 Å². The topological polar surface area (TPSA) is 21.1 Å². The highest BCUT2D eigenvalue weighted by Gasteiger charge is 2.28. The molecule has 0 radical (unpaired) electrons. The van der Waals surface area contributed by atoms with Gasteiger partial charge >= 0.3 is 0 Å². The van der Waals surface area contributed by atoms with Gasteiger partial charge in [-0.15, -0.1) is 11.6 Å². The molecule has 1 aliphatic heterocycles. The van der Waals surface area contributed by atoms with E-state index in [0.29, 0.717) is 17.8 Å². The number of imidazole rings is 1. The smallest absolute Gasteiger partial charge is 0.125 e. The third-order valence-electron chi connectivity index (χ3n) is 4.24. The fourth-order valence-corrected chi connectivity index (χ4v) is 3.49. The molecule has 0 saturated carbocycles. The lowest BCUT2D eigenvalue weighted by atomic mass is 9.93. The minimum absolute atomic E-state index is 0.222. The molecule has 0 bridgehead atoms. The van der Waals surface area contributed by atoms with Crippen molar-refractivity contribution in [3.05, 3.63) is 29.8 Å². The van der Waals surface area contributed by atoms with Crippen LogP contribution < -0.4 is 0 Å². The zero-order chi connectivity index (χ0) is 14.3. The van der Waals surface area contributed by atoms with E-state index in [4.69, 9.17) is 11.6 Å². The SMILES string of the molecule is CC1CN(C)CCC1n1c(CCl)nc2ccc(F)cc21. The van der Waals surface area contributed by atoms with Crippen LogP contribution in [0, 0.1) is 11.7 Å². The summed E-state index contributed by atoms with van der Waals surface area (Å²) >= 11 is 6.05. The van der Waals surface area contributed by atoms with Crippen molar-refractivity contribution in [2.45, 2.75) is 25.3 Å². The summed E-state index contributed by atoms with van der Waals surface area (Å²) in [5.41, 5.74) is 1.69. The molecular formula is C15H19ClFN3. The third kappa shape index (κ3) is 2.31. The maximum atomic E-state index is 13.6. The zero-order valence-corrected chi connectivity index (χ0v) is 12.6. The Hall–Kier alpha value is -1.13. The van der Waals surface area contributed by atoms with Gasteiger partial charge in [-0.05, 0) is 44.1 Å². The first-order chi connectivity index (χ1) is 9.60. The molecule has 5 heteroatoms. The second-order valence-electron chi connectivity index (χ2n) is 5.76. The quantitative estimate of drug-likeness (QED) is 0.792. The van der Waals surface area contributed by atoms with E-state index in [1.807, 2.05) is 0 Å². The van der Waals surface area contributed by atoms with E-state index in [2.05, 4.69) is 28.4 Å². The molecule has 0 amide bonds. The van der Waals surface area contributed by atoms with Crippen LogP contribution in [-0.2, 0) is 5.88 Å². The summed E-state index contributed by atoms with van der Waals surface area (Å²) in [6.07, 6.45) is 1.05. The fourth-order valence-electron chi connectivity index (χ4n) is 3.31. The number of rotatable bonds is 2. The third-order valence-corrected chi connectivity index (χ3v) is 4.48. The second-order valence-corrected chi connectivity index (χ2v) is 6.03. The Kier molecular flexibility index (Phi) is 3.69. The maximum Gasteiger partial charge on any atom is 0.125 e. The molecule has 1 saturated heterocycles. The lowest BCUT2D eigenvalue weighted by molar-refractivity contribution is 0.160. The van der Waals surface area contributed by atoms with Gasteiger partial charge in [0.15, 0.2) is 0 Å². The summed E-state index contributed by atoms with van der Waals surface area (Å²) in [6, 6.07) is 5.10. The van der Waals surface area contributed by atoms with Gasteiger partial charge in [0.05, 0.1) is 16.9 Å². The predicted molar refractivity (Wildman–Crippen MR) is 79.6 cm³/mol. The number of benzene rings is 1. The Labute approximate surface area is 123 Å². The van der Waals surface area contributed by atoms with Crippen LogP contribution in [0.3, 0.4) is 0 Å². The van der Waals surface area contributed by atoms with Gasteiger partial charge < -0.3 is 9.47 Å². The largest absolute Gasteiger partial charge is 0.323 e. The van der Waals surface area contributed by atoms with Crippen LogP contribution in [0.1, 0.15) is 25.2 Å². The van der Waals surface area contributed by atoms with Crippen molar-refractivity contribution in [3.63, 3.8) is 0 Å². The fraction of sp³-hybridized carbons (Fsp3) is 0.533. The molecule has 2 unspecified atom stereocenters. The Morgan fingerprint density at radius 2 is 2.25 bits per heavy atom. The highest BCUT2D eigenvalue weighted by molar-refractivity contribution is 6.16. The van der Waals surface area contributed by atoms with Gasteiger partial charge in [-0.25, -0.2) is 9.37 Å². The molecule has 1 aliphatic rings. The summed E-state index contributed by atoms with van der Waals surface area (Å²) in [5.74, 6) is 1.47. The molecule has 3 rings (SSSR count). The average molecular weight is 296 g/mol. The van der Waals surface area contributed by atoms with Crippen LogP contribution in [0.15, 0.2) is 18.2 Å². The molecule has 108 valence electrons. The molecule has 1 aromatic carbocycles. The lowest BCUT2D eigenvalue weighted by Gasteiger charge is -2.36. The molecule has 2 aromatic rings. The molecule has 1 fully saturated rings. The number of hydrogen-bond donors (Lipinski definition) is 0. The first kappa shape index (κ1) is 13.8. The molecule has 2 heterocycles. The molecule has 0 spiro atoms. The van der Waals surface area contributed by atoms with Crippen molar-refractivity contribution in [2.24, 2.45) is 5.92 Å². The Balaban J connectivity index is 2.11.